The Labute approximate surface area is 214 Å². The maximum Gasteiger partial charge on any atom is 0.416 e. The summed E-state index contributed by atoms with van der Waals surface area (Å²) in [7, 11) is 0. The van der Waals surface area contributed by atoms with E-state index in [4.69, 9.17) is 0 Å². The van der Waals surface area contributed by atoms with Crippen LogP contribution in [-0.4, -0.2) is 10.9 Å². The molecule has 0 spiro atoms. The van der Waals surface area contributed by atoms with Gasteiger partial charge in [-0.15, -0.1) is 11.3 Å². The van der Waals surface area contributed by atoms with E-state index < -0.39 is 52.1 Å². The summed E-state index contributed by atoms with van der Waals surface area (Å²) in [5, 5.41) is 3.99. The van der Waals surface area contributed by atoms with Crippen molar-refractivity contribution in [1.29, 1.82) is 0 Å². The van der Waals surface area contributed by atoms with Gasteiger partial charge in [0.25, 0.3) is 5.91 Å². The number of carbonyl (C=O) groups is 1. The Hall–Kier alpha value is -3.80. The molecule has 0 radical (unpaired) electrons. The molecule has 1 aromatic heterocycles. The number of rotatable bonds is 6. The summed E-state index contributed by atoms with van der Waals surface area (Å²) in [4.78, 5) is 17.5. The average molecular weight is 556 g/mol. The van der Waals surface area contributed by atoms with Crippen molar-refractivity contribution >= 4 is 17.2 Å². The number of carbonyl (C=O) groups excluding carboxylic acids is 1. The van der Waals surface area contributed by atoms with E-state index in [0.717, 1.165) is 17.4 Å². The number of thiazole rings is 1. The molecule has 0 aliphatic carbocycles. The highest BCUT2D eigenvalue weighted by molar-refractivity contribution is 7.09. The van der Waals surface area contributed by atoms with Crippen LogP contribution in [0.25, 0.3) is 0 Å². The van der Waals surface area contributed by atoms with Crippen molar-refractivity contribution < 1.29 is 39.9 Å². The third kappa shape index (κ3) is 5.69. The van der Waals surface area contributed by atoms with Crippen LogP contribution in [0, 0.1) is 11.6 Å². The van der Waals surface area contributed by atoms with E-state index in [-0.39, 0.29) is 29.1 Å². The molecule has 0 saturated carbocycles. The first-order chi connectivity index (χ1) is 17.8. The maximum absolute atomic E-state index is 14.7. The lowest BCUT2D eigenvalue weighted by Gasteiger charge is -2.34. The second-order valence-corrected chi connectivity index (χ2v) is 9.17. The van der Waals surface area contributed by atoms with Gasteiger partial charge in [-0.1, -0.05) is 30.3 Å². The smallest absolute Gasteiger partial charge is 0.336 e. The summed E-state index contributed by atoms with van der Waals surface area (Å²) in [6, 6.07) is 11.2. The Bertz CT molecular complexity index is 1440. The van der Waals surface area contributed by atoms with Gasteiger partial charge in [0.05, 0.1) is 16.7 Å². The molecule has 4 aromatic rings. The van der Waals surface area contributed by atoms with Gasteiger partial charge < -0.3 is 5.32 Å². The van der Waals surface area contributed by atoms with Gasteiger partial charge in [-0.25, -0.2) is 13.8 Å². The molecular formula is C26H16F8N2OS. The fourth-order valence-corrected chi connectivity index (χ4v) is 4.76. The van der Waals surface area contributed by atoms with Crippen LogP contribution in [-0.2, 0) is 24.3 Å². The number of benzene rings is 3. The minimum Gasteiger partial charge on any atom is -0.336 e. The number of hydrogen-bond acceptors (Lipinski definition) is 3. The highest BCUT2D eigenvalue weighted by Gasteiger charge is 2.42. The Morgan fingerprint density at radius 1 is 0.816 bits per heavy atom. The van der Waals surface area contributed by atoms with Crippen LogP contribution in [0.1, 0.15) is 37.6 Å². The minimum absolute atomic E-state index is 0.0424. The molecule has 0 aliphatic rings. The predicted octanol–water partition coefficient (Wildman–Crippen LogP) is 7.38. The van der Waals surface area contributed by atoms with Crippen molar-refractivity contribution in [2.24, 2.45) is 0 Å². The molecule has 1 N–H and O–H groups in total. The molecule has 0 bridgehead atoms. The number of amides is 1. The van der Waals surface area contributed by atoms with Crippen LogP contribution in [0.2, 0.25) is 0 Å². The molecule has 1 amide bonds. The number of aromatic nitrogens is 1. The van der Waals surface area contributed by atoms with Crippen LogP contribution in [0.5, 0.6) is 0 Å². The summed E-state index contributed by atoms with van der Waals surface area (Å²) in [6.45, 7) is 0. The van der Waals surface area contributed by atoms with Gasteiger partial charge in [0, 0.05) is 18.0 Å². The Balaban J connectivity index is 1.91. The third-order valence-corrected chi connectivity index (χ3v) is 6.63. The van der Waals surface area contributed by atoms with Gasteiger partial charge in [-0.05, 0) is 47.5 Å². The number of hydrogen-bond donors (Lipinski definition) is 1. The molecule has 1 heterocycles. The van der Waals surface area contributed by atoms with Crippen molar-refractivity contribution in [3.05, 3.63) is 123 Å². The largest absolute Gasteiger partial charge is 0.416 e. The van der Waals surface area contributed by atoms with E-state index in [1.54, 1.807) is 30.3 Å². The normalized spacial score (nSPS) is 13.7. The van der Waals surface area contributed by atoms with Gasteiger partial charge in [0.15, 0.2) is 0 Å². The van der Waals surface area contributed by atoms with E-state index >= 15 is 0 Å². The monoisotopic (exact) mass is 556 g/mol. The summed E-state index contributed by atoms with van der Waals surface area (Å²) < 4.78 is 109. The first-order valence-electron chi connectivity index (χ1n) is 10.8. The molecule has 38 heavy (non-hydrogen) atoms. The fraction of sp³-hybridized carbons (Fsp3) is 0.154. The highest BCUT2D eigenvalue weighted by Crippen LogP contribution is 2.39. The number of halogens is 8. The van der Waals surface area contributed by atoms with Gasteiger partial charge in [0.2, 0.25) is 0 Å². The van der Waals surface area contributed by atoms with Crippen LogP contribution >= 0.6 is 11.3 Å². The molecule has 3 nitrogen and oxygen atoms in total. The van der Waals surface area contributed by atoms with Crippen LogP contribution in [0.4, 0.5) is 35.1 Å². The molecule has 0 aliphatic heterocycles. The summed E-state index contributed by atoms with van der Waals surface area (Å²) in [5.74, 6) is -3.99. The lowest BCUT2D eigenvalue weighted by Crippen LogP contribution is -2.49. The van der Waals surface area contributed by atoms with Gasteiger partial charge >= 0.3 is 12.4 Å². The van der Waals surface area contributed by atoms with Crippen molar-refractivity contribution in [3.63, 3.8) is 0 Å². The first-order valence-corrected chi connectivity index (χ1v) is 11.7. The molecule has 4 rings (SSSR count). The van der Waals surface area contributed by atoms with Gasteiger partial charge in [0.1, 0.15) is 22.2 Å². The molecule has 12 heteroatoms. The summed E-state index contributed by atoms with van der Waals surface area (Å²) in [5.41, 5.74) is -5.26. The van der Waals surface area contributed by atoms with Crippen LogP contribution < -0.4 is 5.32 Å². The number of alkyl halides is 6. The molecular weight excluding hydrogens is 540 g/mol. The molecule has 1 atom stereocenters. The molecule has 3 aromatic carbocycles. The highest BCUT2D eigenvalue weighted by atomic mass is 32.1. The zero-order chi connectivity index (χ0) is 27.7. The van der Waals surface area contributed by atoms with Crippen LogP contribution in [0.15, 0.2) is 78.3 Å². The van der Waals surface area contributed by atoms with E-state index in [9.17, 15) is 39.9 Å². The first kappa shape index (κ1) is 27.2. The SMILES string of the molecule is O=C(NC(Cc1ccccc1)(c1cc(F)cc(C(F)(F)F)c1)c1nccs1)c1ccc(C(F)(F)F)cc1F. The molecule has 1 unspecified atom stereocenters. The summed E-state index contributed by atoms with van der Waals surface area (Å²) >= 11 is 0.938. The van der Waals surface area contributed by atoms with E-state index in [1.165, 1.54) is 11.6 Å². The Morgan fingerprint density at radius 2 is 1.47 bits per heavy atom. The van der Waals surface area contributed by atoms with Gasteiger partial charge in [-0.3, -0.25) is 4.79 Å². The van der Waals surface area contributed by atoms with Crippen molar-refractivity contribution in [1.82, 2.24) is 10.3 Å². The predicted molar refractivity (Wildman–Crippen MR) is 123 cm³/mol. The Kier molecular flexibility index (Phi) is 7.29. The standard InChI is InChI=1S/C26H16F8N2OS/c27-19-11-17(10-18(12-19)26(32,33)34)24(23-35-8-9-38-23,14-15-4-2-1-3-5-15)36-22(37)20-7-6-16(13-21(20)28)25(29,30)31/h1-13H,14H2,(H,36,37). The summed E-state index contributed by atoms with van der Waals surface area (Å²) in [6.07, 6.45) is -8.74. The van der Waals surface area contributed by atoms with Crippen LogP contribution in [0.3, 0.4) is 0 Å². The van der Waals surface area contributed by atoms with Crippen molar-refractivity contribution in [2.45, 2.75) is 24.3 Å². The zero-order valence-electron chi connectivity index (χ0n) is 19.0. The van der Waals surface area contributed by atoms with E-state index in [1.807, 2.05) is 0 Å². The lowest BCUT2D eigenvalue weighted by atomic mass is 9.82. The lowest BCUT2D eigenvalue weighted by molar-refractivity contribution is -0.138. The fourth-order valence-electron chi connectivity index (χ4n) is 3.94. The van der Waals surface area contributed by atoms with E-state index in [2.05, 4.69) is 10.3 Å². The average Bonchev–Trinajstić information content (AvgIpc) is 3.38. The second-order valence-electron chi connectivity index (χ2n) is 8.28. The Morgan fingerprint density at radius 3 is 2.05 bits per heavy atom. The van der Waals surface area contributed by atoms with Gasteiger partial charge in [-0.2, -0.15) is 26.3 Å². The third-order valence-electron chi connectivity index (χ3n) is 5.70. The zero-order valence-corrected chi connectivity index (χ0v) is 19.8. The molecule has 0 fully saturated rings. The number of nitrogens with one attached hydrogen (secondary N) is 1. The second kappa shape index (κ2) is 10.2. The molecule has 0 saturated heterocycles. The quantitative estimate of drug-likeness (QED) is 0.252. The maximum atomic E-state index is 14.7. The molecule has 198 valence electrons. The van der Waals surface area contributed by atoms with Crippen molar-refractivity contribution in [3.8, 4) is 0 Å². The minimum atomic E-state index is -4.94. The number of nitrogens with zero attached hydrogens (tertiary/aromatic N) is 1. The van der Waals surface area contributed by atoms with E-state index in [0.29, 0.717) is 23.8 Å². The van der Waals surface area contributed by atoms with Crippen molar-refractivity contribution in [2.75, 3.05) is 0 Å². The topological polar surface area (TPSA) is 42.0 Å².